The van der Waals surface area contributed by atoms with E-state index in [1.807, 2.05) is 18.7 Å². The predicted molar refractivity (Wildman–Crippen MR) is 109 cm³/mol. The molecule has 1 aromatic rings. The van der Waals surface area contributed by atoms with Crippen LogP contribution in [0, 0.1) is 5.92 Å². The summed E-state index contributed by atoms with van der Waals surface area (Å²) < 4.78 is 5.25. The number of hydrogen-bond acceptors (Lipinski definition) is 6. The highest BCUT2D eigenvalue weighted by molar-refractivity contribution is 7.17. The van der Waals surface area contributed by atoms with E-state index in [-0.39, 0.29) is 24.3 Å². The standard InChI is InChI=1S/C20H29N3O4S/c1-5-27-18(25)16-13-7-6-12(2)10-14(13)28-17(16)22-15(24)11-23-9-8-21-19(26)20(23,3)4/h12H,5-11H2,1-4H3,(H,21,26)(H,22,24). The van der Waals surface area contributed by atoms with Gasteiger partial charge in [0.2, 0.25) is 11.8 Å². The highest BCUT2D eigenvalue weighted by atomic mass is 32.1. The molecule has 3 rings (SSSR count). The molecule has 1 saturated heterocycles. The van der Waals surface area contributed by atoms with Crippen LogP contribution in [0.5, 0.6) is 0 Å². The van der Waals surface area contributed by atoms with Crippen molar-refractivity contribution in [2.75, 3.05) is 31.6 Å². The summed E-state index contributed by atoms with van der Waals surface area (Å²) >= 11 is 1.48. The summed E-state index contributed by atoms with van der Waals surface area (Å²) in [4.78, 5) is 40.4. The Morgan fingerprint density at radius 3 is 2.86 bits per heavy atom. The molecule has 2 aliphatic rings. The Hall–Kier alpha value is -1.93. The maximum Gasteiger partial charge on any atom is 0.341 e. The largest absolute Gasteiger partial charge is 0.462 e. The van der Waals surface area contributed by atoms with E-state index in [9.17, 15) is 14.4 Å². The number of rotatable bonds is 5. The van der Waals surface area contributed by atoms with E-state index in [4.69, 9.17) is 4.74 Å². The number of nitrogens with zero attached hydrogens (tertiary/aromatic N) is 1. The predicted octanol–water partition coefficient (Wildman–Crippen LogP) is 2.20. The van der Waals surface area contributed by atoms with Crippen molar-refractivity contribution in [1.82, 2.24) is 10.2 Å². The normalized spacial score (nSPS) is 21.6. The molecule has 2 N–H and O–H groups in total. The van der Waals surface area contributed by atoms with E-state index in [1.165, 1.54) is 11.3 Å². The number of piperazine rings is 1. The first-order valence-corrected chi connectivity index (χ1v) is 10.7. The molecule has 2 heterocycles. The molecule has 0 saturated carbocycles. The number of carbonyl (C=O) groups is 3. The molecule has 0 radical (unpaired) electrons. The van der Waals surface area contributed by atoms with Gasteiger partial charge in [-0.15, -0.1) is 11.3 Å². The van der Waals surface area contributed by atoms with Gasteiger partial charge in [0.1, 0.15) is 5.00 Å². The summed E-state index contributed by atoms with van der Waals surface area (Å²) in [5, 5.41) is 6.33. The number of anilines is 1. The average molecular weight is 408 g/mol. The van der Waals surface area contributed by atoms with Crippen LogP contribution in [-0.2, 0) is 27.2 Å². The summed E-state index contributed by atoms with van der Waals surface area (Å²) in [7, 11) is 0. The van der Waals surface area contributed by atoms with Gasteiger partial charge in [0, 0.05) is 18.0 Å². The van der Waals surface area contributed by atoms with Crippen LogP contribution in [0.4, 0.5) is 5.00 Å². The number of hydrogen-bond donors (Lipinski definition) is 2. The average Bonchev–Trinajstić information content (AvgIpc) is 2.96. The number of esters is 1. The molecule has 2 amide bonds. The van der Waals surface area contributed by atoms with E-state index in [0.29, 0.717) is 36.2 Å². The second kappa shape index (κ2) is 8.21. The summed E-state index contributed by atoms with van der Waals surface area (Å²) in [5.74, 6) is -0.112. The fourth-order valence-corrected chi connectivity index (χ4v) is 5.23. The third-order valence-electron chi connectivity index (χ3n) is 5.59. The zero-order chi connectivity index (χ0) is 20.5. The first kappa shape index (κ1) is 20.8. The molecular formula is C20H29N3O4S. The molecule has 1 aliphatic carbocycles. The maximum absolute atomic E-state index is 12.8. The molecule has 154 valence electrons. The second-order valence-electron chi connectivity index (χ2n) is 8.06. The van der Waals surface area contributed by atoms with E-state index >= 15 is 0 Å². The Balaban J connectivity index is 1.80. The molecule has 1 unspecified atom stereocenters. The maximum atomic E-state index is 12.8. The fraction of sp³-hybridized carbons (Fsp3) is 0.650. The van der Waals surface area contributed by atoms with Crippen LogP contribution in [0.15, 0.2) is 0 Å². The molecule has 7 nitrogen and oxygen atoms in total. The number of amides is 2. The Morgan fingerprint density at radius 2 is 2.14 bits per heavy atom. The van der Waals surface area contributed by atoms with E-state index in [1.54, 1.807) is 6.92 Å². The van der Waals surface area contributed by atoms with Gasteiger partial charge >= 0.3 is 5.97 Å². The van der Waals surface area contributed by atoms with Gasteiger partial charge in [0.05, 0.1) is 24.3 Å². The van der Waals surface area contributed by atoms with E-state index in [0.717, 1.165) is 29.7 Å². The van der Waals surface area contributed by atoms with Crippen LogP contribution in [0.3, 0.4) is 0 Å². The summed E-state index contributed by atoms with van der Waals surface area (Å²) in [6.45, 7) is 9.12. The highest BCUT2D eigenvalue weighted by Crippen LogP contribution is 2.40. The lowest BCUT2D eigenvalue weighted by atomic mass is 9.88. The van der Waals surface area contributed by atoms with Gasteiger partial charge in [-0.1, -0.05) is 6.92 Å². The van der Waals surface area contributed by atoms with Gasteiger partial charge in [-0.3, -0.25) is 14.5 Å². The first-order valence-electron chi connectivity index (χ1n) is 9.88. The van der Waals surface area contributed by atoms with Crippen LogP contribution in [-0.4, -0.2) is 54.5 Å². The van der Waals surface area contributed by atoms with Crippen LogP contribution in [0.1, 0.15) is 54.9 Å². The van der Waals surface area contributed by atoms with Crippen LogP contribution >= 0.6 is 11.3 Å². The highest BCUT2D eigenvalue weighted by Gasteiger charge is 2.38. The second-order valence-corrected chi connectivity index (χ2v) is 9.17. The van der Waals surface area contributed by atoms with Crippen molar-refractivity contribution >= 4 is 34.1 Å². The van der Waals surface area contributed by atoms with Crippen molar-refractivity contribution in [2.24, 2.45) is 5.92 Å². The van der Waals surface area contributed by atoms with Gasteiger partial charge in [0.25, 0.3) is 0 Å². The van der Waals surface area contributed by atoms with E-state index in [2.05, 4.69) is 17.6 Å². The Bertz CT molecular complexity index is 787. The molecule has 1 fully saturated rings. The number of thiophene rings is 1. The molecule has 1 atom stereocenters. The summed E-state index contributed by atoms with van der Waals surface area (Å²) in [5.41, 5.74) is 0.788. The number of carbonyl (C=O) groups excluding carboxylic acids is 3. The Labute approximate surface area is 169 Å². The third kappa shape index (κ3) is 4.07. The zero-order valence-corrected chi connectivity index (χ0v) is 17.8. The number of nitrogens with one attached hydrogen (secondary N) is 2. The van der Waals surface area contributed by atoms with Crippen LogP contribution in [0.2, 0.25) is 0 Å². The Kier molecular flexibility index (Phi) is 6.09. The molecule has 28 heavy (non-hydrogen) atoms. The SMILES string of the molecule is CCOC(=O)c1c(NC(=O)CN2CCNC(=O)C2(C)C)sc2c1CCC(C)C2. The molecule has 1 aliphatic heterocycles. The Morgan fingerprint density at radius 1 is 1.39 bits per heavy atom. The molecular weight excluding hydrogens is 378 g/mol. The molecule has 8 heteroatoms. The lowest BCUT2D eigenvalue weighted by molar-refractivity contribution is -0.136. The van der Waals surface area contributed by atoms with Crippen molar-refractivity contribution in [3.05, 3.63) is 16.0 Å². The van der Waals surface area contributed by atoms with Gasteiger partial charge in [-0.2, -0.15) is 0 Å². The summed E-state index contributed by atoms with van der Waals surface area (Å²) in [6, 6.07) is 0. The van der Waals surface area contributed by atoms with Crippen molar-refractivity contribution < 1.29 is 19.1 Å². The van der Waals surface area contributed by atoms with E-state index < -0.39 is 5.54 Å². The molecule has 1 aromatic heterocycles. The molecule has 0 spiro atoms. The van der Waals surface area contributed by atoms with Crippen molar-refractivity contribution in [2.45, 2.75) is 52.5 Å². The van der Waals surface area contributed by atoms with Gasteiger partial charge in [-0.25, -0.2) is 4.79 Å². The van der Waals surface area contributed by atoms with Crippen LogP contribution in [0.25, 0.3) is 0 Å². The smallest absolute Gasteiger partial charge is 0.341 e. The minimum atomic E-state index is -0.746. The van der Waals surface area contributed by atoms with Gasteiger partial charge < -0.3 is 15.4 Å². The lowest BCUT2D eigenvalue weighted by Crippen LogP contribution is -2.62. The summed E-state index contributed by atoms with van der Waals surface area (Å²) in [6.07, 6.45) is 2.78. The van der Waals surface area contributed by atoms with Gasteiger partial charge in [0.15, 0.2) is 0 Å². The third-order valence-corrected chi connectivity index (χ3v) is 6.76. The monoisotopic (exact) mass is 407 g/mol. The van der Waals surface area contributed by atoms with Gasteiger partial charge in [-0.05, 0) is 51.5 Å². The lowest BCUT2D eigenvalue weighted by Gasteiger charge is -2.40. The van der Waals surface area contributed by atoms with Crippen LogP contribution < -0.4 is 10.6 Å². The zero-order valence-electron chi connectivity index (χ0n) is 17.0. The van der Waals surface area contributed by atoms with Crippen molar-refractivity contribution in [3.63, 3.8) is 0 Å². The topological polar surface area (TPSA) is 87.7 Å². The quantitative estimate of drug-likeness (QED) is 0.731. The minimum Gasteiger partial charge on any atom is -0.462 e. The minimum absolute atomic E-state index is 0.0839. The fourth-order valence-electron chi connectivity index (χ4n) is 3.82. The number of fused-ring (bicyclic) bond motifs is 1. The van der Waals surface area contributed by atoms with Crippen molar-refractivity contribution in [1.29, 1.82) is 0 Å². The first-order chi connectivity index (χ1) is 13.2. The molecule has 0 aromatic carbocycles. The molecule has 0 bridgehead atoms. The van der Waals surface area contributed by atoms with Crippen molar-refractivity contribution in [3.8, 4) is 0 Å². The number of ether oxygens (including phenoxy) is 1.